The van der Waals surface area contributed by atoms with Crippen LogP contribution in [0.15, 0.2) is 35.2 Å². The van der Waals surface area contributed by atoms with Gasteiger partial charge in [0.2, 0.25) is 0 Å². The van der Waals surface area contributed by atoms with E-state index in [4.69, 9.17) is 4.74 Å². The van der Waals surface area contributed by atoms with Crippen molar-refractivity contribution >= 4 is 23.5 Å². The van der Waals surface area contributed by atoms with Gasteiger partial charge in [-0.15, -0.1) is 11.8 Å². The van der Waals surface area contributed by atoms with Crippen LogP contribution < -0.4 is 0 Å². The molecule has 1 atom stereocenters. The molecule has 4 rings (SSSR count). The number of ether oxygens (including phenoxy) is 1. The van der Waals surface area contributed by atoms with E-state index in [2.05, 4.69) is 40.0 Å². The molecule has 0 aliphatic carbocycles. The zero-order chi connectivity index (χ0) is 22.0. The average Bonchev–Trinajstić information content (AvgIpc) is 3.42. The van der Waals surface area contributed by atoms with Crippen molar-refractivity contribution in [3.63, 3.8) is 0 Å². The molecule has 2 aliphatic rings. The predicted octanol–water partition coefficient (Wildman–Crippen LogP) is 3.32. The molecule has 166 valence electrons. The molecule has 2 fully saturated rings. The minimum absolute atomic E-state index is 0.111. The van der Waals surface area contributed by atoms with Gasteiger partial charge in [-0.1, -0.05) is 6.07 Å². The molecule has 2 aromatic rings. The molecule has 7 heteroatoms. The van der Waals surface area contributed by atoms with E-state index in [9.17, 15) is 9.59 Å². The number of aromatic nitrogens is 1. The molecule has 0 radical (unpaired) electrons. The normalized spacial score (nSPS) is 19.7. The molecule has 31 heavy (non-hydrogen) atoms. The number of carbonyl (C=O) groups excluding carboxylic acids is 2. The number of amides is 1. The van der Waals surface area contributed by atoms with Crippen molar-refractivity contribution in [3.05, 3.63) is 47.3 Å². The number of carbonyl (C=O) groups is 2. The fourth-order valence-electron chi connectivity index (χ4n) is 4.58. The van der Waals surface area contributed by atoms with Crippen LogP contribution in [0.25, 0.3) is 5.69 Å². The van der Waals surface area contributed by atoms with Gasteiger partial charge < -0.3 is 14.2 Å². The van der Waals surface area contributed by atoms with E-state index in [1.54, 1.807) is 11.8 Å². The zero-order valence-electron chi connectivity index (χ0n) is 18.6. The third-order valence-electron chi connectivity index (χ3n) is 6.30. The summed E-state index contributed by atoms with van der Waals surface area (Å²) in [5, 5.41) is 0. The molecule has 0 bridgehead atoms. The van der Waals surface area contributed by atoms with Crippen molar-refractivity contribution in [1.29, 1.82) is 0 Å². The van der Waals surface area contributed by atoms with E-state index in [-0.39, 0.29) is 17.8 Å². The number of ketones is 1. The van der Waals surface area contributed by atoms with Crippen molar-refractivity contribution in [1.82, 2.24) is 14.4 Å². The highest BCUT2D eigenvalue weighted by atomic mass is 32.2. The Bertz CT molecular complexity index is 957. The number of nitrogens with zero attached hydrogens (tertiary/aromatic N) is 3. The second-order valence-electron chi connectivity index (χ2n) is 8.35. The molecular formula is C24H31N3O3S. The highest BCUT2D eigenvalue weighted by Gasteiger charge is 2.31. The molecule has 6 nitrogen and oxygen atoms in total. The smallest absolute Gasteiger partial charge is 0.251 e. The van der Waals surface area contributed by atoms with Crippen molar-refractivity contribution < 1.29 is 14.3 Å². The lowest BCUT2D eigenvalue weighted by Gasteiger charge is -2.35. The largest absolute Gasteiger partial charge is 0.368 e. The maximum Gasteiger partial charge on any atom is 0.251 e. The molecule has 2 saturated heterocycles. The van der Waals surface area contributed by atoms with Gasteiger partial charge in [0, 0.05) is 60.3 Å². The highest BCUT2D eigenvalue weighted by molar-refractivity contribution is 7.98. The number of piperazine rings is 1. The number of benzene rings is 1. The first kappa shape index (κ1) is 22.1. The number of aryl methyl sites for hydroxylation is 1. The van der Waals surface area contributed by atoms with Crippen LogP contribution in [0.1, 0.15) is 34.6 Å². The molecule has 0 spiro atoms. The van der Waals surface area contributed by atoms with Crippen molar-refractivity contribution in [2.45, 2.75) is 37.7 Å². The Kier molecular flexibility index (Phi) is 6.84. The minimum Gasteiger partial charge on any atom is -0.368 e. The fourth-order valence-corrected chi connectivity index (χ4v) is 5.04. The first-order valence-electron chi connectivity index (χ1n) is 11.0. The first-order valence-corrected chi connectivity index (χ1v) is 12.2. The average molecular weight is 442 g/mol. The summed E-state index contributed by atoms with van der Waals surface area (Å²) in [4.78, 5) is 30.9. The summed E-state index contributed by atoms with van der Waals surface area (Å²) in [6, 6.07) is 10.4. The Labute approximate surface area is 188 Å². The van der Waals surface area contributed by atoms with Gasteiger partial charge in [0.15, 0.2) is 5.78 Å². The number of Topliss-reactive ketones (excluding diaryl/α,β-unsaturated/α-hetero) is 1. The molecule has 2 aliphatic heterocycles. The summed E-state index contributed by atoms with van der Waals surface area (Å²) in [6.07, 6.45) is 3.60. The summed E-state index contributed by atoms with van der Waals surface area (Å²) in [5.74, 6) is 0.249. The molecule has 0 N–H and O–H groups in total. The standard InChI is InChI=1S/C24H31N3O3S/c1-17-14-21(18(2)27(17)19-6-4-7-20(15-19)31-3)22(28)16-25-9-11-26(12-10-25)24(29)23-8-5-13-30-23/h4,6-7,14-15,23H,5,8-13,16H2,1-3H3. The summed E-state index contributed by atoms with van der Waals surface area (Å²) >= 11 is 1.71. The van der Waals surface area contributed by atoms with Gasteiger partial charge in [-0.25, -0.2) is 0 Å². The van der Waals surface area contributed by atoms with Gasteiger partial charge in [0.25, 0.3) is 5.91 Å². The van der Waals surface area contributed by atoms with Crippen LogP contribution in [0.5, 0.6) is 0 Å². The van der Waals surface area contributed by atoms with Crippen LogP contribution >= 0.6 is 11.8 Å². The molecule has 1 aromatic heterocycles. The van der Waals surface area contributed by atoms with Gasteiger partial charge in [0.05, 0.1) is 6.54 Å². The monoisotopic (exact) mass is 441 g/mol. The topological polar surface area (TPSA) is 54.8 Å². The number of hydrogen-bond donors (Lipinski definition) is 0. The lowest BCUT2D eigenvalue weighted by atomic mass is 10.1. The van der Waals surface area contributed by atoms with Crippen molar-refractivity contribution in [3.8, 4) is 5.69 Å². The quantitative estimate of drug-likeness (QED) is 0.509. The Morgan fingerprint density at radius 2 is 1.90 bits per heavy atom. The van der Waals surface area contributed by atoms with Crippen molar-refractivity contribution in [2.75, 3.05) is 45.6 Å². The van der Waals surface area contributed by atoms with Gasteiger partial charge in [-0.05, 0) is 57.2 Å². The van der Waals surface area contributed by atoms with Gasteiger partial charge in [-0.2, -0.15) is 0 Å². The van der Waals surface area contributed by atoms with Crippen LogP contribution in [0.4, 0.5) is 0 Å². The van der Waals surface area contributed by atoms with Crippen molar-refractivity contribution in [2.24, 2.45) is 0 Å². The van der Waals surface area contributed by atoms with E-state index in [0.717, 1.165) is 48.6 Å². The number of hydrogen-bond acceptors (Lipinski definition) is 5. The van der Waals surface area contributed by atoms with Gasteiger partial charge >= 0.3 is 0 Å². The molecule has 3 heterocycles. The molecule has 1 aromatic carbocycles. The first-order chi connectivity index (χ1) is 15.0. The SMILES string of the molecule is CSc1cccc(-n2c(C)cc(C(=O)CN3CCN(C(=O)C4CCCO4)CC3)c2C)c1. The van der Waals surface area contributed by atoms with E-state index in [1.807, 2.05) is 24.8 Å². The predicted molar refractivity (Wildman–Crippen MR) is 123 cm³/mol. The molecular weight excluding hydrogens is 410 g/mol. The Hall–Kier alpha value is -2.09. The Balaban J connectivity index is 1.40. The van der Waals surface area contributed by atoms with E-state index >= 15 is 0 Å². The van der Waals surface area contributed by atoms with Crippen LogP contribution in [0.3, 0.4) is 0 Å². The summed E-state index contributed by atoms with van der Waals surface area (Å²) in [6.45, 7) is 7.90. The number of rotatable bonds is 6. The fraction of sp³-hybridized carbons (Fsp3) is 0.500. The van der Waals surface area contributed by atoms with Gasteiger partial charge in [0.1, 0.15) is 6.10 Å². The summed E-state index contributed by atoms with van der Waals surface area (Å²) < 4.78 is 7.69. The molecule has 0 saturated carbocycles. The van der Waals surface area contributed by atoms with Crippen LogP contribution in [-0.4, -0.2) is 77.7 Å². The third-order valence-corrected chi connectivity index (χ3v) is 7.02. The number of thioether (sulfide) groups is 1. The van der Waals surface area contributed by atoms with Crippen LogP contribution in [0.2, 0.25) is 0 Å². The van der Waals surface area contributed by atoms with Crippen LogP contribution in [-0.2, 0) is 9.53 Å². The summed E-state index contributed by atoms with van der Waals surface area (Å²) in [7, 11) is 0. The lowest BCUT2D eigenvalue weighted by molar-refractivity contribution is -0.142. The zero-order valence-corrected chi connectivity index (χ0v) is 19.4. The second kappa shape index (κ2) is 9.59. The highest BCUT2D eigenvalue weighted by Crippen LogP contribution is 2.25. The van der Waals surface area contributed by atoms with E-state index < -0.39 is 0 Å². The third kappa shape index (κ3) is 4.73. The molecule has 1 unspecified atom stereocenters. The van der Waals surface area contributed by atoms with E-state index in [1.165, 1.54) is 4.90 Å². The lowest BCUT2D eigenvalue weighted by Crippen LogP contribution is -2.52. The second-order valence-corrected chi connectivity index (χ2v) is 9.23. The minimum atomic E-state index is -0.261. The maximum atomic E-state index is 13.1. The van der Waals surface area contributed by atoms with E-state index in [0.29, 0.717) is 26.2 Å². The Morgan fingerprint density at radius 3 is 2.58 bits per heavy atom. The van der Waals surface area contributed by atoms with Crippen LogP contribution in [0, 0.1) is 13.8 Å². The van der Waals surface area contributed by atoms with Gasteiger partial charge in [-0.3, -0.25) is 14.5 Å². The summed E-state index contributed by atoms with van der Waals surface area (Å²) in [5.41, 5.74) is 3.91. The molecule has 1 amide bonds. The maximum absolute atomic E-state index is 13.1. The Morgan fingerprint density at radius 1 is 1.13 bits per heavy atom.